The number of carbonyl (C=O) groups excluding carboxylic acids is 1. The molecule has 0 radical (unpaired) electrons. The fourth-order valence-corrected chi connectivity index (χ4v) is 3.19. The first kappa shape index (κ1) is 21.3. The number of hydrogen-bond acceptors (Lipinski definition) is 3. The monoisotopic (exact) mass is 426 g/mol. The topological polar surface area (TPSA) is 90.6 Å². The Morgan fingerprint density at radius 2 is 1.87 bits per heavy atom. The molecule has 0 aliphatic rings. The van der Waals surface area contributed by atoms with E-state index in [-0.39, 0.29) is 29.9 Å². The maximum Gasteiger partial charge on any atom is 0.257 e. The van der Waals surface area contributed by atoms with Gasteiger partial charge in [0.15, 0.2) is 0 Å². The molecule has 0 saturated heterocycles. The number of nitrogens with zero attached hydrogens (tertiary/aromatic N) is 1. The first-order valence-corrected chi connectivity index (χ1v) is 9.17. The van der Waals surface area contributed by atoms with E-state index in [9.17, 15) is 14.0 Å². The van der Waals surface area contributed by atoms with Crippen molar-refractivity contribution in [2.75, 3.05) is 0 Å². The molecule has 0 aliphatic carbocycles. The summed E-state index contributed by atoms with van der Waals surface area (Å²) in [6, 6.07) is 11.7. The number of rotatable bonds is 5. The third kappa shape index (κ3) is 4.58. The number of benzene rings is 2. The van der Waals surface area contributed by atoms with E-state index >= 15 is 0 Å². The van der Waals surface area contributed by atoms with E-state index < -0.39 is 17.2 Å². The lowest BCUT2D eigenvalue weighted by atomic mass is 10.1. The average Bonchev–Trinajstić information content (AvgIpc) is 3.12. The number of hydrogen-bond donors (Lipinski definition) is 3. The molecule has 6 nitrogen and oxygen atoms in total. The molecule has 8 heteroatoms. The smallest absolute Gasteiger partial charge is 0.257 e. The maximum absolute atomic E-state index is 13.4. The summed E-state index contributed by atoms with van der Waals surface area (Å²) in [6.45, 7) is 2.19. The summed E-state index contributed by atoms with van der Waals surface area (Å²) in [4.78, 5) is 35.2. The van der Waals surface area contributed by atoms with Crippen molar-refractivity contribution in [2.45, 2.75) is 19.9 Å². The highest BCUT2D eigenvalue weighted by atomic mass is 35.5. The van der Waals surface area contributed by atoms with Gasteiger partial charge in [0.05, 0.1) is 0 Å². The minimum Gasteiger partial charge on any atom is -0.360 e. The van der Waals surface area contributed by atoms with E-state index in [2.05, 4.69) is 20.3 Å². The van der Waals surface area contributed by atoms with Crippen LogP contribution in [0.25, 0.3) is 10.9 Å². The fraction of sp³-hybridized carbons (Fsp3) is 0.136. The van der Waals surface area contributed by atoms with Crippen LogP contribution in [0.1, 0.15) is 33.0 Å². The van der Waals surface area contributed by atoms with Gasteiger partial charge < -0.3 is 15.3 Å². The van der Waals surface area contributed by atoms with Crippen LogP contribution in [-0.2, 0) is 13.0 Å². The number of pyridine rings is 1. The predicted octanol–water partition coefficient (Wildman–Crippen LogP) is 3.64. The molecular formula is C22H20ClFN4O2. The summed E-state index contributed by atoms with van der Waals surface area (Å²) in [7, 11) is 0. The highest BCUT2D eigenvalue weighted by Crippen LogP contribution is 2.11. The van der Waals surface area contributed by atoms with Gasteiger partial charge in [0.2, 0.25) is 5.43 Å². The van der Waals surface area contributed by atoms with Crippen LogP contribution in [-0.4, -0.2) is 20.9 Å². The third-order valence-corrected chi connectivity index (χ3v) is 4.71. The van der Waals surface area contributed by atoms with Gasteiger partial charge in [-0.05, 0) is 36.2 Å². The number of imidazole rings is 1. The fourth-order valence-electron chi connectivity index (χ4n) is 3.19. The van der Waals surface area contributed by atoms with E-state index in [1.807, 2.05) is 37.4 Å². The quantitative estimate of drug-likeness (QED) is 0.455. The second-order valence-electron chi connectivity index (χ2n) is 6.89. The van der Waals surface area contributed by atoms with Crippen LogP contribution in [0, 0.1) is 12.7 Å². The summed E-state index contributed by atoms with van der Waals surface area (Å²) < 4.78 is 13.4. The van der Waals surface area contributed by atoms with Gasteiger partial charge in [-0.1, -0.05) is 24.3 Å². The Balaban J connectivity index is 0.00000256. The molecule has 0 bridgehead atoms. The van der Waals surface area contributed by atoms with Crippen LogP contribution in [0.3, 0.4) is 0 Å². The van der Waals surface area contributed by atoms with E-state index in [1.165, 1.54) is 18.3 Å². The number of aryl methyl sites for hydroxylation is 1. The van der Waals surface area contributed by atoms with Crippen LogP contribution in [0.2, 0.25) is 0 Å². The van der Waals surface area contributed by atoms with E-state index in [0.717, 1.165) is 35.1 Å². The van der Waals surface area contributed by atoms with E-state index in [0.29, 0.717) is 5.52 Å². The molecule has 154 valence electrons. The first-order valence-electron chi connectivity index (χ1n) is 9.17. The Hall–Kier alpha value is -3.45. The molecule has 2 heterocycles. The standard InChI is InChI=1S/C22H19FN4O2.ClH/c1-13-24-11-17(27-13)8-14-2-4-15(5-3-14)10-26-22(29)19-12-25-20-7-6-16(23)9-18(20)21(19)28;/h2-7,9,11-12H,8,10H2,1H3,(H,24,27)(H,25,28)(H,26,29);1H. The van der Waals surface area contributed by atoms with Gasteiger partial charge in [0, 0.05) is 42.0 Å². The van der Waals surface area contributed by atoms with Crippen molar-refractivity contribution < 1.29 is 9.18 Å². The Morgan fingerprint density at radius 1 is 1.13 bits per heavy atom. The molecule has 0 aliphatic heterocycles. The second kappa shape index (κ2) is 8.92. The van der Waals surface area contributed by atoms with Crippen LogP contribution in [0.5, 0.6) is 0 Å². The zero-order valence-corrected chi connectivity index (χ0v) is 17.0. The lowest BCUT2D eigenvalue weighted by Crippen LogP contribution is -2.28. The molecule has 2 aromatic heterocycles. The lowest BCUT2D eigenvalue weighted by Gasteiger charge is -2.07. The molecule has 0 saturated carbocycles. The number of nitrogens with one attached hydrogen (secondary N) is 3. The highest BCUT2D eigenvalue weighted by molar-refractivity contribution is 5.97. The van der Waals surface area contributed by atoms with Crippen LogP contribution < -0.4 is 10.7 Å². The number of halogens is 2. The molecule has 0 atom stereocenters. The van der Waals surface area contributed by atoms with Crippen molar-refractivity contribution in [1.29, 1.82) is 0 Å². The average molecular weight is 427 g/mol. The Labute approximate surface area is 178 Å². The minimum atomic E-state index is -0.522. The molecule has 0 fully saturated rings. The molecular weight excluding hydrogens is 407 g/mol. The zero-order chi connectivity index (χ0) is 20.4. The van der Waals surface area contributed by atoms with Gasteiger partial charge in [-0.3, -0.25) is 9.59 Å². The highest BCUT2D eigenvalue weighted by Gasteiger charge is 2.13. The Kier molecular flexibility index (Phi) is 6.32. The number of H-pyrrole nitrogens is 2. The molecule has 3 N–H and O–H groups in total. The van der Waals surface area contributed by atoms with Crippen molar-refractivity contribution in [3.05, 3.63) is 99.1 Å². The van der Waals surface area contributed by atoms with Crippen molar-refractivity contribution in [1.82, 2.24) is 20.3 Å². The van der Waals surface area contributed by atoms with Gasteiger partial charge >= 0.3 is 0 Å². The van der Waals surface area contributed by atoms with Gasteiger partial charge in [-0.15, -0.1) is 12.4 Å². The SMILES string of the molecule is Cc1ncc(Cc2ccc(CNC(=O)c3c[nH]c4ccc(F)cc4c3=O)cc2)[nH]1.Cl. The Bertz CT molecular complexity index is 1250. The first-order chi connectivity index (χ1) is 14.0. The van der Waals surface area contributed by atoms with Crippen molar-refractivity contribution in [3.63, 3.8) is 0 Å². The van der Waals surface area contributed by atoms with Gasteiger partial charge in [-0.25, -0.2) is 9.37 Å². The number of fused-ring (bicyclic) bond motifs is 1. The molecule has 1 amide bonds. The Morgan fingerprint density at radius 3 is 2.57 bits per heavy atom. The summed E-state index contributed by atoms with van der Waals surface area (Å²) in [6.07, 6.45) is 3.92. The summed E-state index contributed by atoms with van der Waals surface area (Å²) in [5.74, 6) is -0.147. The van der Waals surface area contributed by atoms with Crippen molar-refractivity contribution in [2.24, 2.45) is 0 Å². The molecule has 2 aromatic carbocycles. The number of amides is 1. The largest absolute Gasteiger partial charge is 0.360 e. The predicted molar refractivity (Wildman–Crippen MR) is 116 cm³/mol. The van der Waals surface area contributed by atoms with Crippen molar-refractivity contribution >= 4 is 29.2 Å². The summed E-state index contributed by atoms with van der Waals surface area (Å²) in [5.41, 5.74) is 3.00. The molecule has 0 spiro atoms. The normalized spacial score (nSPS) is 10.6. The van der Waals surface area contributed by atoms with Gasteiger partial charge in [0.25, 0.3) is 5.91 Å². The molecule has 0 unspecified atom stereocenters. The molecule has 4 aromatic rings. The van der Waals surface area contributed by atoms with Crippen molar-refractivity contribution in [3.8, 4) is 0 Å². The number of aromatic amines is 2. The van der Waals surface area contributed by atoms with E-state index in [4.69, 9.17) is 0 Å². The number of carbonyl (C=O) groups is 1. The van der Waals surface area contributed by atoms with E-state index in [1.54, 1.807) is 0 Å². The molecule has 4 rings (SSSR count). The maximum atomic E-state index is 13.4. The number of aromatic nitrogens is 3. The molecule has 30 heavy (non-hydrogen) atoms. The van der Waals surface area contributed by atoms with Gasteiger partial charge in [-0.2, -0.15) is 0 Å². The second-order valence-corrected chi connectivity index (χ2v) is 6.89. The van der Waals surface area contributed by atoms with Crippen LogP contribution >= 0.6 is 12.4 Å². The lowest BCUT2D eigenvalue weighted by molar-refractivity contribution is 0.0949. The minimum absolute atomic E-state index is 0. The van der Waals surface area contributed by atoms with Crippen LogP contribution in [0.4, 0.5) is 4.39 Å². The third-order valence-electron chi connectivity index (χ3n) is 4.71. The zero-order valence-electron chi connectivity index (χ0n) is 16.2. The van der Waals surface area contributed by atoms with Crippen LogP contribution in [0.15, 0.2) is 59.7 Å². The van der Waals surface area contributed by atoms with Gasteiger partial charge in [0.1, 0.15) is 17.2 Å². The summed E-state index contributed by atoms with van der Waals surface area (Å²) in [5, 5.41) is 2.89. The summed E-state index contributed by atoms with van der Waals surface area (Å²) >= 11 is 0.